The topological polar surface area (TPSA) is 96.0 Å². The van der Waals surface area contributed by atoms with Gasteiger partial charge in [-0.25, -0.2) is 4.39 Å². The second-order valence-corrected chi connectivity index (χ2v) is 8.26. The lowest BCUT2D eigenvalue weighted by Gasteiger charge is -2.31. The third-order valence-corrected chi connectivity index (χ3v) is 6.16. The predicted octanol–water partition coefficient (Wildman–Crippen LogP) is 2.74. The van der Waals surface area contributed by atoms with Gasteiger partial charge in [-0.2, -0.15) is 0 Å². The highest BCUT2D eigenvalue weighted by Gasteiger charge is 2.42. The summed E-state index contributed by atoms with van der Waals surface area (Å²) in [5.74, 6) is 0.240. The number of fused-ring (bicyclic) bond motifs is 1. The molecule has 4 rings (SSSR count). The summed E-state index contributed by atoms with van der Waals surface area (Å²) in [5.41, 5.74) is 6.62. The van der Waals surface area contributed by atoms with E-state index >= 15 is 0 Å². The highest BCUT2D eigenvalue weighted by Crippen LogP contribution is 2.37. The summed E-state index contributed by atoms with van der Waals surface area (Å²) in [6.45, 7) is 1.49. The van der Waals surface area contributed by atoms with Crippen LogP contribution >= 0.6 is 12.4 Å². The Morgan fingerprint density at radius 1 is 1.03 bits per heavy atom. The third kappa shape index (κ3) is 5.18. The van der Waals surface area contributed by atoms with E-state index in [0.717, 1.165) is 12.0 Å². The van der Waals surface area contributed by atoms with E-state index in [-0.39, 0.29) is 29.8 Å². The van der Waals surface area contributed by atoms with E-state index in [9.17, 15) is 19.4 Å². The van der Waals surface area contributed by atoms with Crippen LogP contribution in [-0.4, -0.2) is 52.9 Å². The number of carbonyl (C=O) groups is 1. The first-order valence-corrected chi connectivity index (χ1v) is 10.4. The normalized spacial score (nSPS) is 25.0. The molecule has 1 saturated heterocycles. The van der Waals surface area contributed by atoms with Gasteiger partial charge in [-0.3, -0.25) is 4.79 Å². The van der Waals surface area contributed by atoms with Gasteiger partial charge in [-0.1, -0.05) is 12.1 Å². The number of aliphatic hydroxyl groups is 2. The zero-order valence-electron chi connectivity index (χ0n) is 17.1. The van der Waals surface area contributed by atoms with E-state index in [4.69, 9.17) is 10.5 Å². The van der Waals surface area contributed by atoms with Crippen molar-refractivity contribution in [1.29, 1.82) is 0 Å². The van der Waals surface area contributed by atoms with E-state index in [2.05, 4.69) is 0 Å². The third-order valence-electron chi connectivity index (χ3n) is 6.16. The minimum atomic E-state index is -0.758. The SMILES string of the molecule is Cl.NCCc1ccc(Oc2ccc(F)c(C(=O)N3C[C@H]4C[C@H](O)[C@H](O)C[C@H]4C3)c2)cc1. The number of hydrogen-bond acceptors (Lipinski definition) is 5. The molecule has 6 nitrogen and oxygen atoms in total. The lowest BCUT2D eigenvalue weighted by Crippen LogP contribution is -2.38. The molecule has 2 aromatic carbocycles. The van der Waals surface area contributed by atoms with Crippen molar-refractivity contribution in [2.75, 3.05) is 19.6 Å². The fraction of sp³-hybridized carbons (Fsp3) is 0.435. The van der Waals surface area contributed by atoms with Crippen molar-refractivity contribution in [2.45, 2.75) is 31.5 Å². The van der Waals surface area contributed by atoms with Crippen molar-refractivity contribution in [3.05, 3.63) is 59.4 Å². The fourth-order valence-corrected chi connectivity index (χ4v) is 4.50. The average molecular weight is 451 g/mol. The van der Waals surface area contributed by atoms with Crippen LogP contribution in [0.4, 0.5) is 4.39 Å². The lowest BCUT2D eigenvalue weighted by molar-refractivity contribution is -0.0372. The highest BCUT2D eigenvalue weighted by atomic mass is 35.5. The van der Waals surface area contributed by atoms with Crippen molar-refractivity contribution in [3.8, 4) is 11.5 Å². The largest absolute Gasteiger partial charge is 0.457 e. The molecule has 1 saturated carbocycles. The Hall–Kier alpha value is -2.19. The van der Waals surface area contributed by atoms with Crippen LogP contribution in [0.1, 0.15) is 28.8 Å². The Morgan fingerprint density at radius 2 is 1.61 bits per heavy atom. The summed E-state index contributed by atoms with van der Waals surface area (Å²) >= 11 is 0. The van der Waals surface area contributed by atoms with Gasteiger partial charge >= 0.3 is 0 Å². The molecule has 4 atom stereocenters. The van der Waals surface area contributed by atoms with Gasteiger partial charge < -0.3 is 25.6 Å². The van der Waals surface area contributed by atoms with Gasteiger partial charge in [0.15, 0.2) is 0 Å². The van der Waals surface area contributed by atoms with Crippen molar-refractivity contribution in [2.24, 2.45) is 17.6 Å². The predicted molar refractivity (Wildman–Crippen MR) is 117 cm³/mol. The van der Waals surface area contributed by atoms with E-state index in [1.165, 1.54) is 18.2 Å². The number of likely N-dealkylation sites (tertiary alicyclic amines) is 1. The van der Waals surface area contributed by atoms with E-state index in [1.54, 1.807) is 4.90 Å². The summed E-state index contributed by atoms with van der Waals surface area (Å²) < 4.78 is 20.3. The molecule has 2 fully saturated rings. The molecule has 0 radical (unpaired) electrons. The number of ether oxygens (including phenoxy) is 1. The minimum Gasteiger partial charge on any atom is -0.457 e. The second-order valence-electron chi connectivity index (χ2n) is 8.26. The molecule has 2 aromatic rings. The zero-order chi connectivity index (χ0) is 21.3. The Labute approximate surface area is 187 Å². The van der Waals surface area contributed by atoms with Gasteiger partial charge in [0.05, 0.1) is 17.8 Å². The van der Waals surface area contributed by atoms with Crippen LogP contribution in [0.15, 0.2) is 42.5 Å². The van der Waals surface area contributed by atoms with E-state index < -0.39 is 23.9 Å². The average Bonchev–Trinajstić information content (AvgIpc) is 3.13. The molecule has 1 heterocycles. The number of amides is 1. The van der Waals surface area contributed by atoms with Gasteiger partial charge in [-0.15, -0.1) is 12.4 Å². The Balaban J connectivity index is 0.00000272. The second kappa shape index (κ2) is 9.96. The molecule has 2 aliphatic rings. The first-order valence-electron chi connectivity index (χ1n) is 10.4. The molecule has 1 aliphatic heterocycles. The summed E-state index contributed by atoms with van der Waals surface area (Å²) in [5, 5.41) is 19.8. The van der Waals surface area contributed by atoms with Crippen LogP contribution in [0.5, 0.6) is 11.5 Å². The molecule has 1 aliphatic carbocycles. The molecule has 0 aromatic heterocycles. The molecule has 1 amide bonds. The van der Waals surface area contributed by atoms with Gasteiger partial charge in [0, 0.05) is 13.1 Å². The van der Waals surface area contributed by atoms with Crippen molar-refractivity contribution < 1.29 is 24.1 Å². The van der Waals surface area contributed by atoms with Gasteiger partial charge in [0.25, 0.3) is 5.91 Å². The van der Waals surface area contributed by atoms with Crippen LogP contribution in [-0.2, 0) is 6.42 Å². The Morgan fingerprint density at radius 3 is 2.19 bits per heavy atom. The first-order chi connectivity index (χ1) is 14.4. The van der Waals surface area contributed by atoms with Crippen LogP contribution in [0.3, 0.4) is 0 Å². The van der Waals surface area contributed by atoms with Gasteiger partial charge in [0.2, 0.25) is 0 Å². The summed E-state index contributed by atoms with van der Waals surface area (Å²) in [6.07, 6.45) is 0.182. The Kier molecular flexibility index (Phi) is 7.54. The van der Waals surface area contributed by atoms with Crippen LogP contribution in [0.25, 0.3) is 0 Å². The number of carbonyl (C=O) groups excluding carboxylic acids is 1. The maximum absolute atomic E-state index is 14.4. The van der Waals surface area contributed by atoms with Crippen LogP contribution in [0, 0.1) is 17.7 Å². The molecule has 31 heavy (non-hydrogen) atoms. The van der Waals surface area contributed by atoms with Crippen LogP contribution < -0.4 is 10.5 Å². The number of halogens is 2. The minimum absolute atomic E-state index is 0. The van der Waals surface area contributed by atoms with Crippen molar-refractivity contribution in [3.63, 3.8) is 0 Å². The molecule has 8 heteroatoms. The maximum atomic E-state index is 14.4. The number of nitrogens with two attached hydrogens (primary N) is 1. The standard InChI is InChI=1S/C23H27FN2O4.ClH/c24-20-6-5-18(30-17-3-1-14(2-4-17)7-8-25)11-19(20)23(29)26-12-15-9-21(27)22(28)10-16(15)13-26;/h1-6,11,15-16,21-22,27-28H,7-10,12-13,25H2;1H/t15-,16+,21+,22-;. The molecule has 0 unspecified atom stereocenters. The quantitative estimate of drug-likeness (QED) is 0.651. The molecular formula is C23H28ClFN2O4. The molecule has 0 spiro atoms. The molecule has 0 bridgehead atoms. The Bertz CT molecular complexity index is 893. The smallest absolute Gasteiger partial charge is 0.256 e. The molecule has 4 N–H and O–H groups in total. The van der Waals surface area contributed by atoms with Crippen molar-refractivity contribution >= 4 is 18.3 Å². The van der Waals surface area contributed by atoms with Crippen LogP contribution in [0.2, 0.25) is 0 Å². The zero-order valence-corrected chi connectivity index (χ0v) is 17.9. The number of nitrogens with zero attached hydrogens (tertiary/aromatic N) is 1. The molecule has 168 valence electrons. The number of aliphatic hydroxyl groups excluding tert-OH is 2. The van der Waals surface area contributed by atoms with Gasteiger partial charge in [0.1, 0.15) is 17.3 Å². The van der Waals surface area contributed by atoms with Crippen molar-refractivity contribution in [1.82, 2.24) is 4.90 Å². The summed E-state index contributed by atoms with van der Waals surface area (Å²) in [7, 11) is 0. The monoisotopic (exact) mass is 450 g/mol. The fourth-order valence-electron chi connectivity index (χ4n) is 4.50. The number of benzene rings is 2. The summed E-state index contributed by atoms with van der Waals surface area (Å²) in [4.78, 5) is 14.6. The van der Waals surface area contributed by atoms with E-state index in [1.807, 2.05) is 24.3 Å². The van der Waals surface area contributed by atoms with Gasteiger partial charge in [-0.05, 0) is 73.5 Å². The highest BCUT2D eigenvalue weighted by molar-refractivity contribution is 5.95. The number of rotatable bonds is 5. The summed E-state index contributed by atoms with van der Waals surface area (Å²) in [6, 6.07) is 11.6. The molecular weight excluding hydrogens is 423 g/mol. The van der Waals surface area contributed by atoms with E-state index in [0.29, 0.717) is 44.0 Å². The maximum Gasteiger partial charge on any atom is 0.256 e. The lowest BCUT2D eigenvalue weighted by atomic mass is 9.79. The number of hydrogen-bond donors (Lipinski definition) is 3. The first kappa shape index (κ1) is 23.5.